The second kappa shape index (κ2) is 9.44. The summed E-state index contributed by atoms with van der Waals surface area (Å²) in [5.74, 6) is -0.0464. The van der Waals surface area contributed by atoms with Gasteiger partial charge in [0.15, 0.2) is 5.13 Å². The first kappa shape index (κ1) is 21.3. The first-order valence-corrected chi connectivity index (χ1v) is 11.7. The van der Waals surface area contributed by atoms with E-state index in [2.05, 4.69) is 39.7 Å². The van der Waals surface area contributed by atoms with Gasteiger partial charge in [-0.25, -0.2) is 4.98 Å². The monoisotopic (exact) mass is 433 g/mol. The van der Waals surface area contributed by atoms with E-state index in [0.29, 0.717) is 30.9 Å². The summed E-state index contributed by atoms with van der Waals surface area (Å²) in [6.07, 6.45) is 6.27. The molecule has 0 saturated heterocycles. The number of rotatable bonds is 7. The molecule has 7 heteroatoms. The van der Waals surface area contributed by atoms with E-state index >= 15 is 0 Å². The highest BCUT2D eigenvalue weighted by Crippen LogP contribution is 2.29. The third-order valence-electron chi connectivity index (χ3n) is 5.96. The molecule has 1 aromatic carbocycles. The number of fused-ring (bicyclic) bond motifs is 1. The first-order chi connectivity index (χ1) is 15.0. The lowest BCUT2D eigenvalue weighted by molar-refractivity contribution is -0.116. The second-order valence-electron chi connectivity index (χ2n) is 8.06. The Kier molecular flexibility index (Phi) is 6.47. The van der Waals surface area contributed by atoms with Crippen LogP contribution in [-0.4, -0.2) is 20.7 Å². The van der Waals surface area contributed by atoms with Crippen molar-refractivity contribution < 1.29 is 4.79 Å². The summed E-state index contributed by atoms with van der Waals surface area (Å²) in [6, 6.07) is 8.77. The standard InChI is InChI=1S/C24H27N5OS/c1-16-21(17(2)29(28-16)13-5-12-25)10-11-23(30)27-24-26-22(15-31-24)20-9-8-18-6-3-4-7-19(18)14-20/h8-9,14-15H,3-7,10-11,13H2,1-2H3,(H,26,27,30). The summed E-state index contributed by atoms with van der Waals surface area (Å²) in [4.78, 5) is 17.1. The minimum Gasteiger partial charge on any atom is -0.302 e. The number of nitriles is 1. The Balaban J connectivity index is 1.37. The highest BCUT2D eigenvalue weighted by Gasteiger charge is 2.15. The van der Waals surface area contributed by atoms with Crippen molar-refractivity contribution in [3.05, 3.63) is 51.7 Å². The van der Waals surface area contributed by atoms with Gasteiger partial charge in [-0.3, -0.25) is 9.48 Å². The lowest BCUT2D eigenvalue weighted by Crippen LogP contribution is -2.12. The van der Waals surface area contributed by atoms with E-state index in [-0.39, 0.29) is 5.91 Å². The van der Waals surface area contributed by atoms with Crippen LogP contribution in [0, 0.1) is 25.2 Å². The zero-order valence-electron chi connectivity index (χ0n) is 18.1. The molecule has 31 heavy (non-hydrogen) atoms. The maximum absolute atomic E-state index is 12.5. The average Bonchev–Trinajstić information content (AvgIpc) is 3.34. The SMILES string of the molecule is Cc1nn(CCC#N)c(C)c1CCC(=O)Nc1nc(-c2ccc3c(c2)CCCC3)cs1. The zero-order chi connectivity index (χ0) is 21.8. The van der Waals surface area contributed by atoms with E-state index < -0.39 is 0 Å². The molecule has 0 aliphatic heterocycles. The fourth-order valence-corrected chi connectivity index (χ4v) is 4.98. The van der Waals surface area contributed by atoms with Gasteiger partial charge < -0.3 is 5.32 Å². The number of thiazole rings is 1. The van der Waals surface area contributed by atoms with Crippen LogP contribution in [0.4, 0.5) is 5.13 Å². The topological polar surface area (TPSA) is 83.6 Å². The number of benzene rings is 1. The van der Waals surface area contributed by atoms with Crippen LogP contribution in [0.25, 0.3) is 11.3 Å². The number of amides is 1. The van der Waals surface area contributed by atoms with Crippen molar-refractivity contribution in [3.63, 3.8) is 0 Å². The van der Waals surface area contributed by atoms with Crippen molar-refractivity contribution in [2.75, 3.05) is 5.32 Å². The lowest BCUT2D eigenvalue weighted by Gasteiger charge is -2.16. The van der Waals surface area contributed by atoms with Gasteiger partial charge in [0.25, 0.3) is 0 Å². The van der Waals surface area contributed by atoms with Crippen LogP contribution in [0.5, 0.6) is 0 Å². The molecule has 1 amide bonds. The molecule has 0 spiro atoms. The molecule has 160 valence electrons. The minimum atomic E-state index is -0.0464. The molecule has 2 aromatic heterocycles. The van der Waals surface area contributed by atoms with E-state index in [1.54, 1.807) is 0 Å². The van der Waals surface area contributed by atoms with Crippen molar-refractivity contribution in [3.8, 4) is 17.3 Å². The molecule has 2 heterocycles. The van der Waals surface area contributed by atoms with Crippen molar-refractivity contribution >= 4 is 22.4 Å². The Morgan fingerprint density at radius 3 is 2.87 bits per heavy atom. The van der Waals surface area contributed by atoms with E-state index in [4.69, 9.17) is 5.26 Å². The normalized spacial score (nSPS) is 12.9. The molecule has 0 fully saturated rings. The Bertz CT molecular complexity index is 1140. The maximum atomic E-state index is 12.5. The van der Waals surface area contributed by atoms with Gasteiger partial charge in [-0.05, 0) is 68.7 Å². The van der Waals surface area contributed by atoms with Crippen LogP contribution < -0.4 is 5.32 Å². The maximum Gasteiger partial charge on any atom is 0.226 e. The highest BCUT2D eigenvalue weighted by molar-refractivity contribution is 7.14. The fourth-order valence-electron chi connectivity index (χ4n) is 4.25. The third-order valence-corrected chi connectivity index (χ3v) is 6.72. The molecular formula is C24H27N5OS. The van der Waals surface area contributed by atoms with Gasteiger partial charge >= 0.3 is 0 Å². The summed E-state index contributed by atoms with van der Waals surface area (Å²) in [5, 5.41) is 18.9. The summed E-state index contributed by atoms with van der Waals surface area (Å²) in [6.45, 7) is 4.53. The van der Waals surface area contributed by atoms with Crippen LogP contribution in [-0.2, 0) is 30.6 Å². The van der Waals surface area contributed by atoms with Gasteiger partial charge in [-0.1, -0.05) is 12.1 Å². The van der Waals surface area contributed by atoms with Crippen molar-refractivity contribution in [2.45, 2.75) is 65.3 Å². The predicted molar refractivity (Wildman–Crippen MR) is 123 cm³/mol. The minimum absolute atomic E-state index is 0.0464. The molecule has 1 aliphatic rings. The summed E-state index contributed by atoms with van der Waals surface area (Å²) < 4.78 is 1.86. The Labute approximate surface area is 186 Å². The highest BCUT2D eigenvalue weighted by atomic mass is 32.1. The summed E-state index contributed by atoms with van der Waals surface area (Å²) in [5.41, 5.74) is 7.97. The van der Waals surface area contributed by atoms with Gasteiger partial charge in [-0.2, -0.15) is 10.4 Å². The van der Waals surface area contributed by atoms with E-state index in [9.17, 15) is 4.79 Å². The zero-order valence-corrected chi connectivity index (χ0v) is 18.9. The van der Waals surface area contributed by atoms with Crippen LogP contribution >= 0.6 is 11.3 Å². The number of carbonyl (C=O) groups excluding carboxylic acids is 1. The number of nitrogens with zero attached hydrogens (tertiary/aromatic N) is 4. The molecule has 0 bridgehead atoms. The Morgan fingerprint density at radius 2 is 2.06 bits per heavy atom. The number of hydrogen-bond acceptors (Lipinski definition) is 5. The van der Waals surface area contributed by atoms with Crippen LogP contribution in [0.15, 0.2) is 23.6 Å². The third kappa shape index (κ3) is 4.86. The van der Waals surface area contributed by atoms with Gasteiger partial charge in [0.05, 0.1) is 30.4 Å². The number of hydrogen-bond donors (Lipinski definition) is 1. The second-order valence-corrected chi connectivity index (χ2v) is 8.92. The molecule has 3 aromatic rings. The van der Waals surface area contributed by atoms with E-state index in [0.717, 1.165) is 34.6 Å². The van der Waals surface area contributed by atoms with Gasteiger partial charge in [0.2, 0.25) is 5.91 Å². The molecule has 0 atom stereocenters. The number of anilines is 1. The number of aromatic nitrogens is 3. The van der Waals surface area contributed by atoms with Crippen LogP contribution in [0.3, 0.4) is 0 Å². The Hall–Kier alpha value is -2.98. The van der Waals surface area contributed by atoms with Crippen LogP contribution in [0.2, 0.25) is 0 Å². The van der Waals surface area contributed by atoms with E-state index in [1.165, 1.54) is 41.7 Å². The predicted octanol–water partition coefficient (Wildman–Crippen LogP) is 4.99. The van der Waals surface area contributed by atoms with Gasteiger partial charge in [0, 0.05) is 23.1 Å². The molecule has 0 radical (unpaired) electrons. The molecule has 0 saturated carbocycles. The number of nitrogens with one attached hydrogen (secondary N) is 1. The fraction of sp³-hybridized carbons (Fsp3) is 0.417. The number of aryl methyl sites for hydroxylation is 4. The van der Waals surface area contributed by atoms with Crippen molar-refractivity contribution in [1.82, 2.24) is 14.8 Å². The lowest BCUT2D eigenvalue weighted by atomic mass is 9.90. The molecule has 1 N–H and O–H groups in total. The molecule has 6 nitrogen and oxygen atoms in total. The molecule has 1 aliphatic carbocycles. The number of carbonyl (C=O) groups is 1. The summed E-state index contributed by atoms with van der Waals surface area (Å²) in [7, 11) is 0. The molecule has 4 rings (SSSR count). The first-order valence-electron chi connectivity index (χ1n) is 10.8. The quantitative estimate of drug-likeness (QED) is 0.569. The van der Waals surface area contributed by atoms with E-state index in [1.807, 2.05) is 23.9 Å². The van der Waals surface area contributed by atoms with Gasteiger partial charge in [0.1, 0.15) is 0 Å². The largest absolute Gasteiger partial charge is 0.302 e. The van der Waals surface area contributed by atoms with Gasteiger partial charge in [-0.15, -0.1) is 11.3 Å². The van der Waals surface area contributed by atoms with Crippen LogP contribution in [0.1, 0.15) is 53.8 Å². The average molecular weight is 434 g/mol. The summed E-state index contributed by atoms with van der Waals surface area (Å²) >= 11 is 1.46. The Morgan fingerprint density at radius 1 is 1.26 bits per heavy atom. The molecular weight excluding hydrogens is 406 g/mol. The molecule has 0 unspecified atom stereocenters. The van der Waals surface area contributed by atoms with Crippen molar-refractivity contribution in [1.29, 1.82) is 5.26 Å². The smallest absolute Gasteiger partial charge is 0.226 e. The van der Waals surface area contributed by atoms with Crippen molar-refractivity contribution in [2.24, 2.45) is 0 Å².